The van der Waals surface area contributed by atoms with E-state index >= 15 is 0 Å². The van der Waals surface area contributed by atoms with Gasteiger partial charge in [0.05, 0.1) is 21.9 Å². The number of aliphatic carboxylic acids is 1. The summed E-state index contributed by atoms with van der Waals surface area (Å²) in [4.78, 5) is 24.5. The number of furan rings is 1. The van der Waals surface area contributed by atoms with Crippen LogP contribution in [0.1, 0.15) is 17.7 Å². The number of benzene rings is 1. The summed E-state index contributed by atoms with van der Waals surface area (Å²) in [6.07, 6.45) is -3.45. The van der Waals surface area contributed by atoms with Gasteiger partial charge in [0.1, 0.15) is 15.8 Å². The van der Waals surface area contributed by atoms with Crippen molar-refractivity contribution >= 4 is 57.9 Å². The van der Waals surface area contributed by atoms with Gasteiger partial charge in [-0.3, -0.25) is 14.5 Å². The second kappa shape index (κ2) is 8.21. The van der Waals surface area contributed by atoms with Crippen molar-refractivity contribution in [3.63, 3.8) is 0 Å². The zero-order chi connectivity index (χ0) is 21.3. The number of carboxylic acids is 1. The predicted molar refractivity (Wildman–Crippen MR) is 106 cm³/mol. The van der Waals surface area contributed by atoms with E-state index in [1.165, 1.54) is 29.2 Å². The summed E-state index contributed by atoms with van der Waals surface area (Å²) in [6, 6.07) is 6.39. The maximum atomic E-state index is 13.0. The molecule has 0 saturated carbocycles. The fraction of sp³-hybridized carbons (Fsp3) is 0.167. The molecule has 0 radical (unpaired) electrons. The minimum Gasteiger partial charge on any atom is -0.481 e. The molecular weight excluding hydrogens is 451 g/mol. The third kappa shape index (κ3) is 4.82. The van der Waals surface area contributed by atoms with Crippen LogP contribution in [-0.2, 0) is 15.8 Å². The van der Waals surface area contributed by atoms with Gasteiger partial charge in [0.25, 0.3) is 5.91 Å². The van der Waals surface area contributed by atoms with Gasteiger partial charge in [-0.1, -0.05) is 35.6 Å². The second-order valence-electron chi connectivity index (χ2n) is 5.87. The molecule has 1 aliphatic rings. The Kier molecular flexibility index (Phi) is 6.06. The maximum absolute atomic E-state index is 13.0. The van der Waals surface area contributed by atoms with Gasteiger partial charge < -0.3 is 9.52 Å². The van der Waals surface area contributed by atoms with E-state index < -0.39 is 28.6 Å². The zero-order valence-corrected chi connectivity index (χ0v) is 16.7. The molecule has 29 heavy (non-hydrogen) atoms. The first-order valence-electron chi connectivity index (χ1n) is 8.00. The Morgan fingerprint density at radius 3 is 2.69 bits per heavy atom. The van der Waals surface area contributed by atoms with E-state index in [0.29, 0.717) is 0 Å². The minimum absolute atomic E-state index is 0.0499. The second-order valence-corrected chi connectivity index (χ2v) is 7.95. The van der Waals surface area contributed by atoms with Crippen LogP contribution in [-0.4, -0.2) is 32.7 Å². The van der Waals surface area contributed by atoms with Gasteiger partial charge in [-0.2, -0.15) is 13.2 Å². The number of carbonyl (C=O) groups excluding carboxylic acids is 1. The van der Waals surface area contributed by atoms with Crippen LogP contribution in [0, 0.1) is 0 Å². The molecule has 152 valence electrons. The molecule has 5 nitrogen and oxygen atoms in total. The lowest BCUT2D eigenvalue weighted by Gasteiger charge is -2.12. The summed E-state index contributed by atoms with van der Waals surface area (Å²) in [5, 5.41) is 8.33. The molecule has 1 saturated heterocycles. The normalized spacial score (nSPS) is 16.1. The molecule has 0 atom stereocenters. The zero-order valence-electron chi connectivity index (χ0n) is 14.3. The standard InChI is InChI=1S/C18H11ClF3NO4S2/c19-12-3-1-9(7-11(12)18(20,21)22)13-4-2-10(27-13)8-14-16(26)23(17(28)29-14)6-5-15(24)25/h1-4,7-8H,5-6H2,(H,24,25)/b14-8-. The predicted octanol–water partition coefficient (Wildman–Crippen LogP) is 5.29. The van der Waals surface area contributed by atoms with Crippen LogP contribution in [0.3, 0.4) is 0 Å². The van der Waals surface area contributed by atoms with E-state index in [0.717, 1.165) is 23.9 Å². The van der Waals surface area contributed by atoms with Crippen LogP contribution in [0.4, 0.5) is 13.2 Å². The summed E-state index contributed by atoms with van der Waals surface area (Å²) in [5.74, 6) is -1.10. The highest BCUT2D eigenvalue weighted by atomic mass is 35.5. The summed E-state index contributed by atoms with van der Waals surface area (Å²) >= 11 is 11.7. The molecule has 0 aliphatic carbocycles. The number of hydrogen-bond donors (Lipinski definition) is 1. The van der Waals surface area contributed by atoms with Crippen LogP contribution < -0.4 is 0 Å². The van der Waals surface area contributed by atoms with Crippen molar-refractivity contribution in [1.29, 1.82) is 0 Å². The molecule has 2 heterocycles. The Balaban J connectivity index is 1.83. The van der Waals surface area contributed by atoms with Crippen molar-refractivity contribution in [2.75, 3.05) is 6.54 Å². The number of thioether (sulfide) groups is 1. The Labute approximate surface area is 177 Å². The summed E-state index contributed by atoms with van der Waals surface area (Å²) in [6.45, 7) is -0.0499. The molecule has 0 unspecified atom stereocenters. The fourth-order valence-corrected chi connectivity index (χ4v) is 4.02. The van der Waals surface area contributed by atoms with E-state index in [-0.39, 0.29) is 39.3 Å². The molecule has 3 rings (SSSR count). The van der Waals surface area contributed by atoms with Crippen LogP contribution >= 0.6 is 35.6 Å². The highest BCUT2D eigenvalue weighted by Crippen LogP contribution is 2.38. The molecule has 0 bridgehead atoms. The number of thiocarbonyl (C=S) groups is 1. The number of amides is 1. The molecule has 0 spiro atoms. The third-order valence-electron chi connectivity index (χ3n) is 3.88. The maximum Gasteiger partial charge on any atom is 0.417 e. The first-order valence-corrected chi connectivity index (χ1v) is 9.60. The SMILES string of the molecule is O=C(O)CCN1C(=O)/C(=C/c2ccc(-c3ccc(Cl)c(C(F)(F)F)c3)o2)SC1=S. The highest BCUT2D eigenvalue weighted by molar-refractivity contribution is 8.26. The number of carbonyl (C=O) groups is 2. The molecule has 11 heteroatoms. The molecule has 1 aromatic carbocycles. The molecule has 1 aromatic heterocycles. The van der Waals surface area contributed by atoms with E-state index in [4.69, 9.17) is 33.3 Å². The Bertz CT molecular complexity index is 1030. The topological polar surface area (TPSA) is 70.8 Å². The number of alkyl halides is 3. The molecular formula is C18H11ClF3NO4S2. The van der Waals surface area contributed by atoms with Crippen molar-refractivity contribution in [2.45, 2.75) is 12.6 Å². The average Bonchev–Trinajstić information content (AvgIpc) is 3.18. The first-order chi connectivity index (χ1) is 13.6. The van der Waals surface area contributed by atoms with Gasteiger partial charge in [0, 0.05) is 18.2 Å². The lowest BCUT2D eigenvalue weighted by Crippen LogP contribution is -2.30. The van der Waals surface area contributed by atoms with Crippen molar-refractivity contribution in [3.8, 4) is 11.3 Å². The van der Waals surface area contributed by atoms with Gasteiger partial charge in [0.15, 0.2) is 0 Å². The van der Waals surface area contributed by atoms with Gasteiger partial charge in [-0.15, -0.1) is 0 Å². The lowest BCUT2D eigenvalue weighted by atomic mass is 10.1. The summed E-state index contributed by atoms with van der Waals surface area (Å²) in [7, 11) is 0. The van der Waals surface area contributed by atoms with E-state index in [1.807, 2.05) is 0 Å². The lowest BCUT2D eigenvalue weighted by molar-refractivity contribution is -0.138. The minimum atomic E-state index is -4.60. The highest BCUT2D eigenvalue weighted by Gasteiger charge is 2.34. The third-order valence-corrected chi connectivity index (χ3v) is 5.59. The number of nitrogens with zero attached hydrogens (tertiary/aromatic N) is 1. The monoisotopic (exact) mass is 461 g/mol. The van der Waals surface area contributed by atoms with Crippen LogP contribution in [0.15, 0.2) is 39.7 Å². The largest absolute Gasteiger partial charge is 0.481 e. The van der Waals surface area contributed by atoms with Crippen molar-refractivity contribution < 1.29 is 32.3 Å². The number of rotatable bonds is 5. The van der Waals surface area contributed by atoms with Crippen LogP contribution in [0.25, 0.3) is 17.4 Å². The van der Waals surface area contributed by atoms with Crippen molar-refractivity contribution in [1.82, 2.24) is 4.90 Å². The molecule has 1 N–H and O–H groups in total. The first kappa shape index (κ1) is 21.4. The van der Waals surface area contributed by atoms with Gasteiger partial charge in [-0.25, -0.2) is 0 Å². The smallest absolute Gasteiger partial charge is 0.417 e. The van der Waals surface area contributed by atoms with Gasteiger partial charge in [0.2, 0.25) is 0 Å². The number of halogens is 4. The Morgan fingerprint density at radius 2 is 2.03 bits per heavy atom. The van der Waals surface area contributed by atoms with E-state index in [2.05, 4.69) is 0 Å². The van der Waals surface area contributed by atoms with E-state index in [9.17, 15) is 22.8 Å². The van der Waals surface area contributed by atoms with Crippen LogP contribution in [0.2, 0.25) is 5.02 Å². The number of carboxylic acid groups (broad SMARTS) is 1. The Morgan fingerprint density at radius 1 is 1.31 bits per heavy atom. The molecule has 2 aromatic rings. The fourth-order valence-electron chi connectivity index (χ4n) is 2.51. The van der Waals surface area contributed by atoms with Crippen molar-refractivity contribution in [3.05, 3.63) is 51.6 Å². The van der Waals surface area contributed by atoms with Gasteiger partial charge >= 0.3 is 12.1 Å². The molecule has 1 amide bonds. The molecule has 1 aliphatic heterocycles. The Hall–Kier alpha value is -2.30. The van der Waals surface area contributed by atoms with Gasteiger partial charge in [-0.05, 0) is 30.3 Å². The van der Waals surface area contributed by atoms with Crippen LogP contribution in [0.5, 0.6) is 0 Å². The van der Waals surface area contributed by atoms with Crippen molar-refractivity contribution in [2.24, 2.45) is 0 Å². The summed E-state index contributed by atoms with van der Waals surface area (Å²) < 4.78 is 44.9. The quantitative estimate of drug-likeness (QED) is 0.481. The number of hydrogen-bond acceptors (Lipinski definition) is 5. The average molecular weight is 462 g/mol. The molecule has 1 fully saturated rings. The van der Waals surface area contributed by atoms with E-state index in [1.54, 1.807) is 0 Å². The summed E-state index contributed by atoms with van der Waals surface area (Å²) in [5.41, 5.74) is -0.802.